The van der Waals surface area contributed by atoms with Crippen LogP contribution in [-0.4, -0.2) is 6.10 Å². The smallest absolute Gasteiger partial charge is 0.126 e. The second-order valence-electron chi connectivity index (χ2n) is 4.64. The average molecular weight is 222 g/mol. The van der Waals surface area contributed by atoms with Gasteiger partial charge in [-0.05, 0) is 44.2 Å². The minimum Gasteiger partial charge on any atom is -0.490 e. The Morgan fingerprint density at radius 1 is 1.12 bits per heavy atom. The molecule has 0 amide bonds. The van der Waals surface area contributed by atoms with Crippen LogP contribution in [0, 0.1) is 12.7 Å². The van der Waals surface area contributed by atoms with Crippen LogP contribution in [0.1, 0.15) is 44.1 Å². The van der Waals surface area contributed by atoms with Crippen LogP contribution < -0.4 is 4.74 Å². The fourth-order valence-corrected chi connectivity index (χ4v) is 2.24. The molecule has 2 heteroatoms. The first-order valence-corrected chi connectivity index (χ1v) is 6.18. The highest BCUT2D eigenvalue weighted by Gasteiger charge is 2.14. The molecule has 1 aromatic rings. The number of aryl methyl sites for hydroxylation is 1. The Bertz CT molecular complexity index is 341. The second-order valence-corrected chi connectivity index (χ2v) is 4.64. The molecule has 0 aromatic heterocycles. The van der Waals surface area contributed by atoms with Crippen LogP contribution in [0.15, 0.2) is 18.2 Å². The topological polar surface area (TPSA) is 9.23 Å². The van der Waals surface area contributed by atoms with E-state index >= 15 is 0 Å². The van der Waals surface area contributed by atoms with E-state index in [-0.39, 0.29) is 11.9 Å². The van der Waals surface area contributed by atoms with Gasteiger partial charge in [0, 0.05) is 6.07 Å². The number of hydrogen-bond acceptors (Lipinski definition) is 1. The molecule has 1 saturated carbocycles. The average Bonchev–Trinajstić information content (AvgIpc) is 2.52. The summed E-state index contributed by atoms with van der Waals surface area (Å²) >= 11 is 0. The van der Waals surface area contributed by atoms with Crippen LogP contribution in [0.25, 0.3) is 0 Å². The van der Waals surface area contributed by atoms with E-state index in [0.717, 1.165) is 18.4 Å². The fourth-order valence-electron chi connectivity index (χ4n) is 2.24. The Morgan fingerprint density at radius 3 is 2.50 bits per heavy atom. The minimum atomic E-state index is -0.214. The predicted octanol–water partition coefficient (Wildman–Crippen LogP) is 4.24. The highest BCUT2D eigenvalue weighted by Crippen LogP contribution is 2.25. The highest BCUT2D eigenvalue weighted by molar-refractivity contribution is 5.32. The summed E-state index contributed by atoms with van der Waals surface area (Å²) in [4.78, 5) is 0. The zero-order valence-electron chi connectivity index (χ0n) is 9.84. The van der Waals surface area contributed by atoms with Crippen molar-refractivity contribution >= 4 is 0 Å². The maximum absolute atomic E-state index is 13.1. The molecule has 1 aliphatic rings. The van der Waals surface area contributed by atoms with Crippen LogP contribution in [0.5, 0.6) is 5.75 Å². The van der Waals surface area contributed by atoms with E-state index in [2.05, 4.69) is 0 Å². The van der Waals surface area contributed by atoms with Crippen molar-refractivity contribution in [3.8, 4) is 5.75 Å². The Labute approximate surface area is 96.6 Å². The van der Waals surface area contributed by atoms with E-state index in [1.807, 2.05) is 6.92 Å². The molecule has 0 unspecified atom stereocenters. The molecule has 0 N–H and O–H groups in total. The largest absolute Gasteiger partial charge is 0.490 e. The summed E-state index contributed by atoms with van der Waals surface area (Å²) in [6.07, 6.45) is 7.58. The van der Waals surface area contributed by atoms with Gasteiger partial charge in [0.25, 0.3) is 0 Å². The molecule has 1 fully saturated rings. The van der Waals surface area contributed by atoms with Gasteiger partial charge in [-0.25, -0.2) is 4.39 Å². The van der Waals surface area contributed by atoms with Crippen molar-refractivity contribution in [3.05, 3.63) is 29.6 Å². The SMILES string of the molecule is Cc1ccc(F)cc1OC1CCCCCC1. The van der Waals surface area contributed by atoms with E-state index in [4.69, 9.17) is 4.74 Å². The maximum atomic E-state index is 13.1. The predicted molar refractivity (Wildman–Crippen MR) is 63.3 cm³/mol. The van der Waals surface area contributed by atoms with E-state index in [1.165, 1.54) is 37.8 Å². The standard InChI is InChI=1S/C14H19FO/c1-11-8-9-12(15)10-14(11)16-13-6-4-2-3-5-7-13/h8-10,13H,2-7H2,1H3. The lowest BCUT2D eigenvalue weighted by atomic mass is 10.1. The quantitative estimate of drug-likeness (QED) is 0.680. The molecular formula is C14H19FO. The van der Waals surface area contributed by atoms with Crippen molar-refractivity contribution in [2.24, 2.45) is 0 Å². The normalized spacial score (nSPS) is 18.1. The third-order valence-corrected chi connectivity index (χ3v) is 3.25. The number of hydrogen-bond donors (Lipinski definition) is 0. The molecule has 1 nitrogen and oxygen atoms in total. The molecule has 0 radical (unpaired) electrons. The molecule has 16 heavy (non-hydrogen) atoms. The summed E-state index contributed by atoms with van der Waals surface area (Å²) in [5.74, 6) is 0.501. The van der Waals surface area contributed by atoms with Crippen molar-refractivity contribution in [2.45, 2.75) is 51.6 Å². The number of benzene rings is 1. The van der Waals surface area contributed by atoms with Crippen molar-refractivity contribution in [3.63, 3.8) is 0 Å². The lowest BCUT2D eigenvalue weighted by Gasteiger charge is -2.18. The zero-order chi connectivity index (χ0) is 11.4. The Morgan fingerprint density at radius 2 is 1.81 bits per heavy atom. The van der Waals surface area contributed by atoms with Crippen molar-refractivity contribution in [1.82, 2.24) is 0 Å². The molecule has 2 rings (SSSR count). The molecule has 0 spiro atoms. The number of ether oxygens (including phenoxy) is 1. The summed E-state index contributed by atoms with van der Waals surface area (Å²) in [5, 5.41) is 0. The Kier molecular flexibility index (Phi) is 3.81. The third kappa shape index (κ3) is 2.97. The summed E-state index contributed by atoms with van der Waals surface area (Å²) in [6, 6.07) is 4.76. The van der Waals surface area contributed by atoms with Crippen LogP contribution in [-0.2, 0) is 0 Å². The molecule has 0 saturated heterocycles. The number of rotatable bonds is 2. The van der Waals surface area contributed by atoms with Gasteiger partial charge in [0.05, 0.1) is 6.10 Å². The Balaban J connectivity index is 2.04. The molecule has 0 heterocycles. The van der Waals surface area contributed by atoms with E-state index in [9.17, 15) is 4.39 Å². The van der Waals surface area contributed by atoms with Gasteiger partial charge in [0.15, 0.2) is 0 Å². The highest BCUT2D eigenvalue weighted by atomic mass is 19.1. The van der Waals surface area contributed by atoms with Crippen molar-refractivity contribution < 1.29 is 9.13 Å². The van der Waals surface area contributed by atoms with Gasteiger partial charge in [0.1, 0.15) is 11.6 Å². The maximum Gasteiger partial charge on any atom is 0.126 e. The Hall–Kier alpha value is -1.05. The third-order valence-electron chi connectivity index (χ3n) is 3.25. The summed E-state index contributed by atoms with van der Waals surface area (Å²) in [5.41, 5.74) is 1.02. The molecule has 1 aliphatic carbocycles. The van der Waals surface area contributed by atoms with E-state index in [1.54, 1.807) is 6.07 Å². The van der Waals surface area contributed by atoms with Crippen molar-refractivity contribution in [2.75, 3.05) is 0 Å². The van der Waals surface area contributed by atoms with Crippen LogP contribution in [0.3, 0.4) is 0 Å². The second kappa shape index (κ2) is 5.33. The van der Waals surface area contributed by atoms with Gasteiger partial charge in [-0.2, -0.15) is 0 Å². The van der Waals surface area contributed by atoms with Gasteiger partial charge < -0.3 is 4.74 Å². The molecular weight excluding hydrogens is 203 g/mol. The number of halogens is 1. The first kappa shape index (κ1) is 11.4. The first-order valence-electron chi connectivity index (χ1n) is 6.18. The van der Waals surface area contributed by atoms with Crippen LogP contribution in [0.2, 0.25) is 0 Å². The molecule has 1 aromatic carbocycles. The first-order chi connectivity index (χ1) is 7.75. The van der Waals surface area contributed by atoms with Gasteiger partial charge in [-0.15, -0.1) is 0 Å². The van der Waals surface area contributed by atoms with Crippen molar-refractivity contribution in [1.29, 1.82) is 0 Å². The van der Waals surface area contributed by atoms with Gasteiger partial charge in [0.2, 0.25) is 0 Å². The van der Waals surface area contributed by atoms with Crippen LogP contribution in [0.4, 0.5) is 4.39 Å². The molecule has 0 atom stereocenters. The molecule has 0 bridgehead atoms. The molecule has 0 aliphatic heterocycles. The summed E-state index contributed by atoms with van der Waals surface area (Å²) < 4.78 is 19.0. The summed E-state index contributed by atoms with van der Waals surface area (Å²) in [6.45, 7) is 1.96. The minimum absolute atomic E-state index is 0.214. The zero-order valence-corrected chi connectivity index (χ0v) is 9.84. The monoisotopic (exact) mass is 222 g/mol. The van der Waals surface area contributed by atoms with Gasteiger partial charge in [-0.3, -0.25) is 0 Å². The van der Waals surface area contributed by atoms with Crippen LogP contribution >= 0.6 is 0 Å². The van der Waals surface area contributed by atoms with E-state index in [0.29, 0.717) is 5.75 Å². The van der Waals surface area contributed by atoms with Gasteiger partial charge in [-0.1, -0.05) is 18.9 Å². The lowest BCUT2D eigenvalue weighted by molar-refractivity contribution is 0.182. The lowest BCUT2D eigenvalue weighted by Crippen LogP contribution is -2.15. The molecule has 88 valence electrons. The fraction of sp³-hybridized carbons (Fsp3) is 0.571. The van der Waals surface area contributed by atoms with E-state index < -0.39 is 0 Å². The van der Waals surface area contributed by atoms with Gasteiger partial charge >= 0.3 is 0 Å². The summed E-state index contributed by atoms with van der Waals surface area (Å²) in [7, 11) is 0.